The van der Waals surface area contributed by atoms with E-state index in [1.165, 1.54) is 0 Å². The largest absolute Gasteiger partial charge is 0.504 e. The molecule has 76 valence electrons. The van der Waals surface area contributed by atoms with Crippen molar-refractivity contribution < 1.29 is 18.7 Å². The molecule has 1 amide bonds. The summed E-state index contributed by atoms with van der Waals surface area (Å²) in [5, 5.41) is 9.02. The first-order valence-electron chi connectivity index (χ1n) is 3.50. The number of nitrogens with zero attached hydrogens (tertiary/aromatic N) is 1. The number of hydrogen-bond donors (Lipinski definition) is 3. The van der Waals surface area contributed by atoms with E-state index in [0.717, 1.165) is 6.07 Å². The maximum Gasteiger partial charge on any atom is 0.281 e. The summed E-state index contributed by atoms with van der Waals surface area (Å²) >= 11 is 0. The van der Waals surface area contributed by atoms with Crippen LogP contribution in [0.5, 0.6) is 5.75 Å². The van der Waals surface area contributed by atoms with E-state index in [-0.39, 0.29) is 0 Å². The molecule has 0 aliphatic carbocycles. The number of alkyl halides is 2. The Morgan fingerprint density at radius 2 is 2.14 bits per heavy atom. The number of aromatic hydroxyl groups is 1. The summed E-state index contributed by atoms with van der Waals surface area (Å²) in [5.74, 6) is -2.11. The number of nitrogen functional groups attached to an aromatic ring is 1. The molecule has 1 heterocycles. The molecule has 0 saturated heterocycles. The predicted octanol–water partition coefficient (Wildman–Crippen LogP) is 0.406. The zero-order valence-electron chi connectivity index (χ0n) is 6.87. The van der Waals surface area contributed by atoms with Crippen molar-refractivity contribution in [1.29, 1.82) is 0 Å². The van der Waals surface area contributed by atoms with Crippen LogP contribution in [0.15, 0.2) is 6.07 Å². The zero-order valence-corrected chi connectivity index (χ0v) is 6.87. The number of nitrogens with two attached hydrogens (primary N) is 2. The summed E-state index contributed by atoms with van der Waals surface area (Å²) in [5.41, 5.74) is 8.53. The highest BCUT2D eigenvalue weighted by atomic mass is 19.3. The van der Waals surface area contributed by atoms with Crippen molar-refractivity contribution in [3.8, 4) is 5.75 Å². The van der Waals surface area contributed by atoms with Crippen LogP contribution in [0.4, 0.5) is 14.6 Å². The van der Waals surface area contributed by atoms with Gasteiger partial charge in [0.1, 0.15) is 5.69 Å². The highest BCUT2D eigenvalue weighted by Crippen LogP contribution is 2.27. The van der Waals surface area contributed by atoms with Gasteiger partial charge in [-0.2, -0.15) is 0 Å². The number of carbonyl (C=O) groups is 1. The topological polar surface area (TPSA) is 102 Å². The highest BCUT2D eigenvalue weighted by Gasteiger charge is 2.20. The maximum atomic E-state index is 12.3. The first-order chi connectivity index (χ1) is 6.43. The fourth-order valence-electron chi connectivity index (χ4n) is 0.896. The second kappa shape index (κ2) is 3.44. The molecule has 0 aliphatic heterocycles. The smallest absolute Gasteiger partial charge is 0.281 e. The maximum absolute atomic E-state index is 12.3. The molecule has 1 aromatic rings. The van der Waals surface area contributed by atoms with Crippen molar-refractivity contribution >= 4 is 11.7 Å². The van der Waals surface area contributed by atoms with Gasteiger partial charge in [0.15, 0.2) is 11.6 Å². The molecule has 0 spiro atoms. The van der Waals surface area contributed by atoms with Gasteiger partial charge in [-0.05, 0) is 6.07 Å². The zero-order chi connectivity index (χ0) is 10.9. The van der Waals surface area contributed by atoms with Crippen LogP contribution in [0.2, 0.25) is 0 Å². The number of halogens is 2. The van der Waals surface area contributed by atoms with E-state index in [1.54, 1.807) is 0 Å². The number of carbonyl (C=O) groups excluding carboxylic acids is 1. The van der Waals surface area contributed by atoms with Crippen molar-refractivity contribution in [2.45, 2.75) is 6.43 Å². The molecule has 1 rings (SSSR count). The lowest BCUT2D eigenvalue weighted by Crippen LogP contribution is -2.15. The van der Waals surface area contributed by atoms with Crippen molar-refractivity contribution in [2.75, 3.05) is 5.73 Å². The van der Waals surface area contributed by atoms with Gasteiger partial charge in [-0.1, -0.05) is 0 Å². The molecule has 0 saturated carbocycles. The van der Waals surface area contributed by atoms with Crippen LogP contribution in [0.1, 0.15) is 22.5 Å². The Hall–Kier alpha value is -1.92. The summed E-state index contributed by atoms with van der Waals surface area (Å²) in [6.07, 6.45) is -2.97. The molecule has 0 atom stereocenters. The molecule has 0 unspecified atom stereocenters. The fourth-order valence-corrected chi connectivity index (χ4v) is 0.896. The van der Waals surface area contributed by atoms with E-state index >= 15 is 0 Å². The Morgan fingerprint density at radius 1 is 1.57 bits per heavy atom. The summed E-state index contributed by atoms with van der Waals surface area (Å²) < 4.78 is 24.6. The molecule has 0 fully saturated rings. The first-order valence-corrected chi connectivity index (χ1v) is 3.50. The average Bonchev–Trinajstić information content (AvgIpc) is 2.08. The van der Waals surface area contributed by atoms with Gasteiger partial charge in [0.2, 0.25) is 0 Å². The van der Waals surface area contributed by atoms with Crippen LogP contribution in [0, 0.1) is 0 Å². The van der Waals surface area contributed by atoms with E-state index < -0.39 is 35.2 Å². The van der Waals surface area contributed by atoms with Crippen molar-refractivity contribution in [1.82, 2.24) is 4.98 Å². The van der Waals surface area contributed by atoms with Crippen molar-refractivity contribution in [3.05, 3.63) is 17.3 Å². The van der Waals surface area contributed by atoms with Gasteiger partial charge in [0.25, 0.3) is 12.3 Å². The lowest BCUT2D eigenvalue weighted by Gasteiger charge is -2.06. The molecular formula is C7H7F2N3O2. The summed E-state index contributed by atoms with van der Waals surface area (Å²) in [7, 11) is 0. The van der Waals surface area contributed by atoms with E-state index in [4.69, 9.17) is 16.6 Å². The second-order valence-electron chi connectivity index (χ2n) is 2.49. The Bertz CT molecular complexity index is 381. The number of rotatable bonds is 2. The Balaban J connectivity index is 3.39. The summed E-state index contributed by atoms with van der Waals surface area (Å²) in [4.78, 5) is 13.9. The molecule has 14 heavy (non-hydrogen) atoms. The molecule has 7 heteroatoms. The quantitative estimate of drug-likeness (QED) is 0.647. The highest BCUT2D eigenvalue weighted by molar-refractivity contribution is 5.94. The number of anilines is 1. The second-order valence-corrected chi connectivity index (χ2v) is 2.49. The monoisotopic (exact) mass is 203 g/mol. The number of pyridine rings is 1. The average molecular weight is 203 g/mol. The SMILES string of the molecule is NC(=O)c1cc(O)c(N)nc1C(F)F. The standard InChI is InChI=1S/C7H7F2N3O2/c8-5(9)4-2(7(11)14)1-3(13)6(10)12-4/h1,5,13H,(H2,10,12)(H2,11,14). The molecule has 0 aromatic carbocycles. The predicted molar refractivity (Wildman–Crippen MR) is 43.8 cm³/mol. The molecule has 0 bridgehead atoms. The lowest BCUT2D eigenvalue weighted by atomic mass is 10.1. The molecule has 5 nitrogen and oxygen atoms in total. The lowest BCUT2D eigenvalue weighted by molar-refractivity contribution is 0.0982. The van der Waals surface area contributed by atoms with Gasteiger partial charge < -0.3 is 16.6 Å². The Morgan fingerprint density at radius 3 is 2.57 bits per heavy atom. The third-order valence-electron chi connectivity index (χ3n) is 1.53. The van der Waals surface area contributed by atoms with Gasteiger partial charge in [-0.25, -0.2) is 13.8 Å². The van der Waals surface area contributed by atoms with Crippen LogP contribution in [0.25, 0.3) is 0 Å². The summed E-state index contributed by atoms with van der Waals surface area (Å²) in [6, 6.07) is 0.770. The Labute approximate surface area is 77.3 Å². The third-order valence-corrected chi connectivity index (χ3v) is 1.53. The van der Waals surface area contributed by atoms with Crippen LogP contribution < -0.4 is 11.5 Å². The van der Waals surface area contributed by atoms with E-state index in [2.05, 4.69) is 4.98 Å². The number of hydrogen-bond acceptors (Lipinski definition) is 4. The fraction of sp³-hybridized carbons (Fsp3) is 0.143. The molecule has 5 N–H and O–H groups in total. The van der Waals surface area contributed by atoms with Gasteiger partial charge in [-0.3, -0.25) is 4.79 Å². The van der Waals surface area contributed by atoms with Gasteiger partial charge in [0, 0.05) is 0 Å². The number of amides is 1. The van der Waals surface area contributed by atoms with Crippen LogP contribution in [-0.2, 0) is 0 Å². The minimum absolute atomic E-state index is 0.467. The van der Waals surface area contributed by atoms with Gasteiger partial charge >= 0.3 is 0 Å². The van der Waals surface area contributed by atoms with E-state index in [9.17, 15) is 13.6 Å². The number of aromatic nitrogens is 1. The molecule has 0 radical (unpaired) electrons. The first kappa shape index (κ1) is 10.2. The Kier molecular flexibility index (Phi) is 2.50. The number of primary amides is 1. The van der Waals surface area contributed by atoms with Gasteiger partial charge in [-0.15, -0.1) is 0 Å². The van der Waals surface area contributed by atoms with Gasteiger partial charge in [0.05, 0.1) is 5.56 Å². The van der Waals surface area contributed by atoms with Crippen LogP contribution in [0.3, 0.4) is 0 Å². The van der Waals surface area contributed by atoms with Crippen LogP contribution in [-0.4, -0.2) is 16.0 Å². The summed E-state index contributed by atoms with van der Waals surface area (Å²) in [6.45, 7) is 0. The normalized spacial score (nSPS) is 10.5. The minimum Gasteiger partial charge on any atom is -0.504 e. The molecule has 1 aromatic heterocycles. The van der Waals surface area contributed by atoms with E-state index in [0.29, 0.717) is 0 Å². The third kappa shape index (κ3) is 1.70. The van der Waals surface area contributed by atoms with Crippen LogP contribution >= 0.6 is 0 Å². The van der Waals surface area contributed by atoms with Crippen molar-refractivity contribution in [3.63, 3.8) is 0 Å². The molecule has 0 aliphatic rings. The minimum atomic E-state index is -2.97. The van der Waals surface area contributed by atoms with Crippen molar-refractivity contribution in [2.24, 2.45) is 5.73 Å². The van der Waals surface area contributed by atoms with E-state index in [1.807, 2.05) is 0 Å². The molecular weight excluding hydrogens is 196 g/mol.